The Hall–Kier alpha value is -2.04. The summed E-state index contributed by atoms with van der Waals surface area (Å²) in [5.41, 5.74) is 4.99. The molecule has 0 saturated heterocycles. The number of carbonyl (C=O) groups is 1. The Morgan fingerprint density at radius 1 is 1.12 bits per heavy atom. The minimum atomic E-state index is -0.529. The molecule has 4 nitrogen and oxygen atoms in total. The van der Waals surface area contributed by atoms with E-state index >= 15 is 0 Å². The summed E-state index contributed by atoms with van der Waals surface area (Å²) < 4.78 is 5.81. The smallest absolute Gasteiger partial charge is 0.261 e. The molecule has 0 fully saturated rings. The van der Waals surface area contributed by atoms with Crippen LogP contribution in [-0.4, -0.2) is 12.0 Å². The van der Waals surface area contributed by atoms with Gasteiger partial charge in [0.15, 0.2) is 6.10 Å². The van der Waals surface area contributed by atoms with E-state index in [9.17, 15) is 4.79 Å². The summed E-state index contributed by atoms with van der Waals surface area (Å²) in [6.45, 7) is 8.42. The van der Waals surface area contributed by atoms with Crippen LogP contribution in [0.3, 0.4) is 0 Å². The Morgan fingerprint density at radius 3 is 2.65 bits per heavy atom. The van der Waals surface area contributed by atoms with Crippen LogP contribution in [0.1, 0.15) is 48.9 Å². The standard InChI is InChI=1S/C21H26N2O2.ClH/c1-14(2)17-5-4-6-20(10-17)25-15(3)21(24)23-11-16-7-8-18-12-22-13-19(18)9-16;/h4-10,14-15,22H,11-13H2,1-3H3,(H,23,24);1H. The SMILES string of the molecule is CC(Oc1cccc(C(C)C)c1)C(=O)NCc1ccc2c(c1)CNC2.Cl. The first-order valence-corrected chi connectivity index (χ1v) is 8.88. The van der Waals surface area contributed by atoms with Crippen molar-refractivity contribution in [2.45, 2.75) is 52.4 Å². The number of ether oxygens (including phenoxy) is 1. The summed E-state index contributed by atoms with van der Waals surface area (Å²) in [5, 5.41) is 6.29. The van der Waals surface area contributed by atoms with Crippen molar-refractivity contribution >= 4 is 18.3 Å². The van der Waals surface area contributed by atoms with E-state index in [0.29, 0.717) is 12.5 Å². The van der Waals surface area contributed by atoms with Gasteiger partial charge in [0.2, 0.25) is 0 Å². The molecule has 5 heteroatoms. The number of nitrogens with one attached hydrogen (secondary N) is 2. The molecular weight excluding hydrogens is 348 g/mol. The Labute approximate surface area is 161 Å². The molecule has 2 N–H and O–H groups in total. The lowest BCUT2D eigenvalue weighted by atomic mass is 10.0. The number of fused-ring (bicyclic) bond motifs is 1. The third-order valence-electron chi connectivity index (χ3n) is 4.58. The number of carbonyl (C=O) groups excluding carboxylic acids is 1. The highest BCUT2D eigenvalue weighted by Gasteiger charge is 2.16. The Balaban J connectivity index is 0.00000243. The van der Waals surface area contributed by atoms with Crippen molar-refractivity contribution in [1.29, 1.82) is 0 Å². The van der Waals surface area contributed by atoms with Crippen molar-refractivity contribution in [3.05, 3.63) is 64.7 Å². The van der Waals surface area contributed by atoms with Gasteiger partial charge in [-0.3, -0.25) is 4.79 Å². The topological polar surface area (TPSA) is 50.4 Å². The molecule has 3 rings (SSSR count). The highest BCUT2D eigenvalue weighted by Crippen LogP contribution is 2.21. The molecule has 0 spiro atoms. The van der Waals surface area contributed by atoms with Gasteiger partial charge in [-0.1, -0.05) is 44.2 Å². The van der Waals surface area contributed by atoms with Crippen LogP contribution in [0.2, 0.25) is 0 Å². The number of hydrogen-bond acceptors (Lipinski definition) is 3. The summed E-state index contributed by atoms with van der Waals surface area (Å²) >= 11 is 0. The van der Waals surface area contributed by atoms with Crippen LogP contribution in [-0.2, 0) is 24.4 Å². The predicted octanol–water partition coefficient (Wildman–Crippen LogP) is 3.92. The molecule has 0 aliphatic carbocycles. The van der Waals surface area contributed by atoms with Crippen molar-refractivity contribution in [2.75, 3.05) is 0 Å². The van der Waals surface area contributed by atoms with E-state index in [1.807, 2.05) is 18.2 Å². The monoisotopic (exact) mass is 374 g/mol. The van der Waals surface area contributed by atoms with Crippen molar-refractivity contribution in [3.8, 4) is 5.75 Å². The maximum atomic E-state index is 12.3. The van der Waals surface area contributed by atoms with Gasteiger partial charge in [0.1, 0.15) is 5.75 Å². The quantitative estimate of drug-likeness (QED) is 0.805. The van der Waals surface area contributed by atoms with E-state index in [1.165, 1.54) is 16.7 Å². The molecule has 1 unspecified atom stereocenters. The van der Waals surface area contributed by atoms with Crippen molar-refractivity contribution in [1.82, 2.24) is 10.6 Å². The van der Waals surface area contributed by atoms with Crippen LogP contribution >= 0.6 is 12.4 Å². The largest absolute Gasteiger partial charge is 0.481 e. The Bertz CT molecular complexity index is 761. The normalized spacial score (nSPS) is 13.7. The molecule has 2 aromatic carbocycles. The number of amides is 1. The van der Waals surface area contributed by atoms with Gasteiger partial charge >= 0.3 is 0 Å². The summed E-state index contributed by atoms with van der Waals surface area (Å²) in [5.74, 6) is 1.06. The van der Waals surface area contributed by atoms with Gasteiger partial charge in [0.05, 0.1) is 0 Å². The summed E-state index contributed by atoms with van der Waals surface area (Å²) in [7, 11) is 0. The van der Waals surface area contributed by atoms with Crippen LogP contribution < -0.4 is 15.4 Å². The molecular formula is C21H27ClN2O2. The zero-order valence-electron chi connectivity index (χ0n) is 15.5. The first-order valence-electron chi connectivity index (χ1n) is 8.88. The molecule has 1 heterocycles. The molecule has 0 bridgehead atoms. The number of rotatable bonds is 6. The van der Waals surface area contributed by atoms with Crippen molar-refractivity contribution in [2.24, 2.45) is 0 Å². The van der Waals surface area contributed by atoms with Gasteiger partial charge in [0, 0.05) is 19.6 Å². The second-order valence-corrected chi connectivity index (χ2v) is 6.91. The molecule has 1 aliphatic rings. The Kier molecular flexibility index (Phi) is 7.06. The molecule has 1 amide bonds. The average molecular weight is 375 g/mol. The first kappa shape index (κ1) is 20.3. The maximum absolute atomic E-state index is 12.3. The van der Waals surface area contributed by atoms with E-state index in [4.69, 9.17) is 4.74 Å². The molecule has 0 saturated carbocycles. The minimum Gasteiger partial charge on any atom is -0.481 e. The lowest BCUT2D eigenvalue weighted by molar-refractivity contribution is -0.127. The van der Waals surface area contributed by atoms with E-state index < -0.39 is 6.10 Å². The zero-order chi connectivity index (χ0) is 17.8. The second kappa shape index (κ2) is 9.06. The molecule has 1 aliphatic heterocycles. The van der Waals surface area contributed by atoms with Crippen molar-refractivity contribution < 1.29 is 9.53 Å². The summed E-state index contributed by atoms with van der Waals surface area (Å²) in [6, 6.07) is 14.3. The van der Waals surface area contributed by atoms with Gasteiger partial charge in [-0.15, -0.1) is 12.4 Å². The summed E-state index contributed by atoms with van der Waals surface area (Å²) in [6.07, 6.45) is -0.529. The fraction of sp³-hybridized carbons (Fsp3) is 0.381. The van der Waals surface area contributed by atoms with Gasteiger partial charge in [0.25, 0.3) is 5.91 Å². The maximum Gasteiger partial charge on any atom is 0.261 e. The Morgan fingerprint density at radius 2 is 1.88 bits per heavy atom. The lowest BCUT2D eigenvalue weighted by Crippen LogP contribution is -2.35. The van der Waals surface area contributed by atoms with Crippen LogP contribution in [0, 0.1) is 0 Å². The molecule has 1 atom stereocenters. The third-order valence-corrected chi connectivity index (χ3v) is 4.58. The molecule has 0 radical (unpaired) electrons. The molecule has 2 aromatic rings. The lowest BCUT2D eigenvalue weighted by Gasteiger charge is -2.16. The van der Waals surface area contributed by atoms with E-state index in [-0.39, 0.29) is 18.3 Å². The van der Waals surface area contributed by atoms with E-state index in [0.717, 1.165) is 24.4 Å². The molecule has 26 heavy (non-hydrogen) atoms. The third kappa shape index (κ3) is 4.99. The van der Waals surface area contributed by atoms with Crippen LogP contribution in [0.5, 0.6) is 5.75 Å². The van der Waals surface area contributed by atoms with E-state index in [2.05, 4.69) is 48.7 Å². The highest BCUT2D eigenvalue weighted by molar-refractivity contribution is 5.85. The second-order valence-electron chi connectivity index (χ2n) is 6.91. The molecule has 0 aromatic heterocycles. The average Bonchev–Trinajstić information content (AvgIpc) is 3.07. The number of halogens is 1. The van der Waals surface area contributed by atoms with Crippen LogP contribution in [0.15, 0.2) is 42.5 Å². The van der Waals surface area contributed by atoms with Gasteiger partial charge in [-0.05, 0) is 47.2 Å². The highest BCUT2D eigenvalue weighted by atomic mass is 35.5. The van der Waals surface area contributed by atoms with Crippen LogP contribution in [0.25, 0.3) is 0 Å². The van der Waals surface area contributed by atoms with Gasteiger partial charge < -0.3 is 15.4 Å². The number of benzene rings is 2. The minimum absolute atomic E-state index is 0. The van der Waals surface area contributed by atoms with Crippen LogP contribution in [0.4, 0.5) is 0 Å². The predicted molar refractivity (Wildman–Crippen MR) is 107 cm³/mol. The first-order chi connectivity index (χ1) is 12.0. The summed E-state index contributed by atoms with van der Waals surface area (Å²) in [4.78, 5) is 12.3. The van der Waals surface area contributed by atoms with Gasteiger partial charge in [-0.25, -0.2) is 0 Å². The van der Waals surface area contributed by atoms with Crippen molar-refractivity contribution in [3.63, 3.8) is 0 Å². The zero-order valence-corrected chi connectivity index (χ0v) is 16.4. The fourth-order valence-electron chi connectivity index (χ4n) is 3.00. The number of hydrogen-bond donors (Lipinski definition) is 2. The molecule has 140 valence electrons. The van der Waals surface area contributed by atoms with Gasteiger partial charge in [-0.2, -0.15) is 0 Å². The fourth-order valence-corrected chi connectivity index (χ4v) is 3.00. The van der Waals surface area contributed by atoms with E-state index in [1.54, 1.807) is 6.92 Å².